The third-order valence-electron chi connectivity index (χ3n) is 5.13. The molecule has 0 N–H and O–H groups in total. The maximum atomic E-state index is 12.6. The molecule has 29 heavy (non-hydrogen) atoms. The zero-order valence-electron chi connectivity index (χ0n) is 16.6. The summed E-state index contributed by atoms with van der Waals surface area (Å²) in [4.78, 5) is 14.5. The molecular formula is C23H25N3O3. The summed E-state index contributed by atoms with van der Waals surface area (Å²) in [6.45, 7) is 2.23. The van der Waals surface area contributed by atoms with Crippen LogP contribution in [0.5, 0.6) is 5.75 Å². The summed E-state index contributed by atoms with van der Waals surface area (Å²) in [5, 5.41) is 4.63. The van der Waals surface area contributed by atoms with Gasteiger partial charge in [-0.3, -0.25) is 9.48 Å². The first-order chi connectivity index (χ1) is 14.2. The number of fused-ring (bicyclic) bond motifs is 1. The minimum atomic E-state index is -0.0143. The molecule has 1 aliphatic heterocycles. The third kappa shape index (κ3) is 4.66. The summed E-state index contributed by atoms with van der Waals surface area (Å²) < 4.78 is 13.4. The van der Waals surface area contributed by atoms with E-state index in [2.05, 4.69) is 5.10 Å². The molecule has 4 rings (SSSR count). The minimum Gasteiger partial charge on any atom is -0.484 e. The van der Waals surface area contributed by atoms with Crippen molar-refractivity contribution in [3.8, 4) is 5.75 Å². The summed E-state index contributed by atoms with van der Waals surface area (Å²) in [6, 6.07) is 19.5. The van der Waals surface area contributed by atoms with Gasteiger partial charge in [-0.25, -0.2) is 0 Å². The van der Waals surface area contributed by atoms with Crippen LogP contribution in [0.3, 0.4) is 0 Å². The largest absolute Gasteiger partial charge is 0.484 e. The topological polar surface area (TPSA) is 56.6 Å². The Morgan fingerprint density at radius 2 is 1.76 bits per heavy atom. The van der Waals surface area contributed by atoms with Gasteiger partial charge in [-0.05, 0) is 17.7 Å². The maximum Gasteiger partial charge on any atom is 0.260 e. The van der Waals surface area contributed by atoms with Crippen LogP contribution < -0.4 is 4.74 Å². The number of benzene rings is 2. The first kappa shape index (κ1) is 19.2. The number of para-hydroxylation sites is 1. The Labute approximate surface area is 170 Å². The van der Waals surface area contributed by atoms with Gasteiger partial charge < -0.3 is 14.4 Å². The second-order valence-electron chi connectivity index (χ2n) is 7.14. The molecule has 0 atom stereocenters. The SMILES string of the molecule is Cn1nc(COCc2ccccc2)c2c1CCN(C(=O)COc1ccccc1)C2. The van der Waals surface area contributed by atoms with Crippen molar-refractivity contribution in [2.75, 3.05) is 13.2 Å². The van der Waals surface area contributed by atoms with Crippen molar-refractivity contribution in [3.05, 3.63) is 83.2 Å². The molecule has 6 heteroatoms. The number of carbonyl (C=O) groups excluding carboxylic acids is 1. The van der Waals surface area contributed by atoms with E-state index in [0.29, 0.717) is 32.1 Å². The van der Waals surface area contributed by atoms with Gasteiger partial charge in [-0.2, -0.15) is 5.10 Å². The Kier molecular flexibility index (Phi) is 5.91. The lowest BCUT2D eigenvalue weighted by atomic mass is 10.1. The Morgan fingerprint density at radius 1 is 1.03 bits per heavy atom. The lowest BCUT2D eigenvalue weighted by Crippen LogP contribution is -2.39. The predicted molar refractivity (Wildman–Crippen MR) is 109 cm³/mol. The smallest absolute Gasteiger partial charge is 0.260 e. The van der Waals surface area contributed by atoms with E-state index in [1.165, 1.54) is 5.69 Å². The zero-order chi connectivity index (χ0) is 20.1. The molecule has 0 radical (unpaired) electrons. The summed E-state index contributed by atoms with van der Waals surface area (Å²) in [5.41, 5.74) is 4.31. The Bertz CT molecular complexity index is 954. The van der Waals surface area contributed by atoms with Gasteiger partial charge in [0.2, 0.25) is 0 Å². The van der Waals surface area contributed by atoms with E-state index in [4.69, 9.17) is 9.47 Å². The Hall–Kier alpha value is -3.12. The van der Waals surface area contributed by atoms with E-state index < -0.39 is 0 Å². The third-order valence-corrected chi connectivity index (χ3v) is 5.13. The van der Waals surface area contributed by atoms with Crippen molar-refractivity contribution in [1.82, 2.24) is 14.7 Å². The molecule has 0 saturated carbocycles. The molecule has 150 valence electrons. The van der Waals surface area contributed by atoms with Crippen LogP contribution in [0.25, 0.3) is 0 Å². The Morgan fingerprint density at radius 3 is 2.52 bits per heavy atom. The molecule has 1 aliphatic rings. The molecule has 0 saturated heterocycles. The van der Waals surface area contributed by atoms with Crippen molar-refractivity contribution < 1.29 is 14.3 Å². The van der Waals surface area contributed by atoms with Crippen molar-refractivity contribution in [2.24, 2.45) is 7.05 Å². The van der Waals surface area contributed by atoms with Crippen LogP contribution in [0.15, 0.2) is 60.7 Å². The van der Waals surface area contributed by atoms with Crippen molar-refractivity contribution in [1.29, 1.82) is 0 Å². The first-order valence-electron chi connectivity index (χ1n) is 9.81. The van der Waals surface area contributed by atoms with Gasteiger partial charge in [-0.1, -0.05) is 48.5 Å². The quantitative estimate of drug-likeness (QED) is 0.621. The first-order valence-corrected chi connectivity index (χ1v) is 9.81. The summed E-state index contributed by atoms with van der Waals surface area (Å²) in [7, 11) is 1.95. The van der Waals surface area contributed by atoms with E-state index in [1.54, 1.807) is 0 Å². The van der Waals surface area contributed by atoms with Gasteiger partial charge in [0.25, 0.3) is 5.91 Å². The van der Waals surface area contributed by atoms with Crippen molar-refractivity contribution in [3.63, 3.8) is 0 Å². The van der Waals surface area contributed by atoms with Crippen LogP contribution in [-0.2, 0) is 42.8 Å². The van der Waals surface area contributed by atoms with E-state index in [9.17, 15) is 4.79 Å². The molecule has 0 fully saturated rings. The molecule has 0 aliphatic carbocycles. The molecule has 0 bridgehead atoms. The number of carbonyl (C=O) groups is 1. The normalized spacial score (nSPS) is 13.2. The number of nitrogens with zero attached hydrogens (tertiary/aromatic N) is 3. The number of hydrogen-bond donors (Lipinski definition) is 0. The van der Waals surface area contributed by atoms with Crippen LogP contribution in [-0.4, -0.2) is 33.7 Å². The highest BCUT2D eigenvalue weighted by molar-refractivity contribution is 5.78. The van der Waals surface area contributed by atoms with Crippen LogP contribution >= 0.6 is 0 Å². The van der Waals surface area contributed by atoms with Gasteiger partial charge in [0.05, 0.1) is 18.9 Å². The fraction of sp³-hybridized carbons (Fsp3) is 0.304. The average Bonchev–Trinajstić information content (AvgIpc) is 3.08. The standard InChI is InChI=1S/C23H25N3O3/c1-25-22-12-13-26(23(27)17-29-19-10-6-3-7-11-19)14-20(22)21(24-25)16-28-15-18-8-4-2-5-9-18/h2-11H,12-17H2,1H3. The highest BCUT2D eigenvalue weighted by atomic mass is 16.5. The summed E-state index contributed by atoms with van der Waals surface area (Å²) >= 11 is 0. The molecule has 0 spiro atoms. The minimum absolute atomic E-state index is 0.0143. The second-order valence-corrected chi connectivity index (χ2v) is 7.14. The number of rotatable bonds is 7. The van der Waals surface area contributed by atoms with Crippen molar-refractivity contribution >= 4 is 5.91 Å². The van der Waals surface area contributed by atoms with Crippen LogP contribution in [0.1, 0.15) is 22.5 Å². The van der Waals surface area contributed by atoms with Gasteiger partial charge in [-0.15, -0.1) is 0 Å². The van der Waals surface area contributed by atoms with Gasteiger partial charge in [0.1, 0.15) is 5.75 Å². The lowest BCUT2D eigenvalue weighted by molar-refractivity contribution is -0.134. The fourth-order valence-corrected chi connectivity index (χ4v) is 3.59. The molecule has 2 aromatic carbocycles. The summed E-state index contributed by atoms with van der Waals surface area (Å²) in [5.74, 6) is 0.689. The maximum absolute atomic E-state index is 12.6. The lowest BCUT2D eigenvalue weighted by Gasteiger charge is -2.27. The van der Waals surface area contributed by atoms with E-state index in [1.807, 2.05) is 77.3 Å². The second kappa shape index (κ2) is 8.92. The number of aromatic nitrogens is 2. The molecule has 6 nitrogen and oxygen atoms in total. The Balaban J connectivity index is 1.37. The van der Waals surface area contributed by atoms with Gasteiger partial charge in [0.15, 0.2) is 6.61 Å². The zero-order valence-corrected chi connectivity index (χ0v) is 16.6. The van der Waals surface area contributed by atoms with E-state index in [0.717, 1.165) is 23.2 Å². The van der Waals surface area contributed by atoms with Gasteiger partial charge >= 0.3 is 0 Å². The van der Waals surface area contributed by atoms with E-state index in [-0.39, 0.29) is 12.5 Å². The highest BCUT2D eigenvalue weighted by Crippen LogP contribution is 2.23. The summed E-state index contributed by atoms with van der Waals surface area (Å²) in [6.07, 6.45) is 0.786. The number of aryl methyl sites for hydroxylation is 1. The average molecular weight is 391 g/mol. The fourth-order valence-electron chi connectivity index (χ4n) is 3.59. The van der Waals surface area contributed by atoms with Crippen LogP contribution in [0, 0.1) is 0 Å². The van der Waals surface area contributed by atoms with Gasteiger partial charge in [0, 0.05) is 37.8 Å². The van der Waals surface area contributed by atoms with E-state index >= 15 is 0 Å². The highest BCUT2D eigenvalue weighted by Gasteiger charge is 2.26. The van der Waals surface area contributed by atoms with Crippen LogP contribution in [0.2, 0.25) is 0 Å². The molecule has 1 amide bonds. The van der Waals surface area contributed by atoms with Crippen LogP contribution in [0.4, 0.5) is 0 Å². The molecule has 1 aromatic heterocycles. The number of amides is 1. The van der Waals surface area contributed by atoms with Crippen molar-refractivity contribution in [2.45, 2.75) is 26.2 Å². The number of ether oxygens (including phenoxy) is 2. The molecule has 3 aromatic rings. The monoisotopic (exact) mass is 391 g/mol. The predicted octanol–water partition coefficient (Wildman–Crippen LogP) is 3.10. The molecular weight excluding hydrogens is 366 g/mol. The molecule has 2 heterocycles. The number of hydrogen-bond acceptors (Lipinski definition) is 4. The molecule has 0 unspecified atom stereocenters.